The van der Waals surface area contributed by atoms with Crippen molar-refractivity contribution in [3.8, 4) is 5.75 Å². The standard InChI is InChI=1S/C17H15N3O3S/c1-23-14-9-5-4-8-13(14)18-15(21)10-20-16(22)11-6-2-3-7-12(11)19-17(20)24/h2-9H,10H2,1H3,(H,18,21)(H,19,24). The van der Waals surface area contributed by atoms with Crippen molar-refractivity contribution in [2.45, 2.75) is 6.54 Å². The second-order valence-electron chi connectivity index (χ2n) is 5.12. The van der Waals surface area contributed by atoms with E-state index in [0.29, 0.717) is 22.3 Å². The summed E-state index contributed by atoms with van der Waals surface area (Å²) in [5.41, 5.74) is 0.882. The fraction of sp³-hybridized carbons (Fsp3) is 0.118. The second kappa shape index (κ2) is 6.67. The molecule has 1 amide bonds. The number of amides is 1. The molecule has 0 unspecified atom stereocenters. The lowest BCUT2D eigenvalue weighted by Gasteiger charge is -2.11. The molecule has 0 aliphatic rings. The number of nitrogens with zero attached hydrogens (tertiary/aromatic N) is 1. The van der Waals surface area contributed by atoms with Crippen LogP contribution in [0.1, 0.15) is 0 Å². The molecule has 0 spiro atoms. The molecule has 0 saturated carbocycles. The number of aromatic amines is 1. The lowest BCUT2D eigenvalue weighted by atomic mass is 10.2. The zero-order chi connectivity index (χ0) is 17.1. The van der Waals surface area contributed by atoms with Crippen molar-refractivity contribution in [1.29, 1.82) is 0 Å². The van der Waals surface area contributed by atoms with Gasteiger partial charge in [0.25, 0.3) is 5.56 Å². The highest BCUT2D eigenvalue weighted by atomic mass is 32.1. The van der Waals surface area contributed by atoms with Crippen LogP contribution in [0.15, 0.2) is 53.3 Å². The fourth-order valence-corrected chi connectivity index (χ4v) is 2.68. The van der Waals surface area contributed by atoms with E-state index in [1.54, 1.807) is 42.5 Å². The van der Waals surface area contributed by atoms with Crippen LogP contribution in [0.2, 0.25) is 0 Å². The number of carbonyl (C=O) groups is 1. The van der Waals surface area contributed by atoms with Crippen LogP contribution in [0.4, 0.5) is 5.69 Å². The number of aromatic nitrogens is 2. The normalized spacial score (nSPS) is 10.5. The Labute approximate surface area is 142 Å². The Hall–Kier alpha value is -2.93. The van der Waals surface area contributed by atoms with Gasteiger partial charge >= 0.3 is 0 Å². The third-order valence-corrected chi connectivity index (χ3v) is 3.89. The first-order valence-corrected chi connectivity index (χ1v) is 7.65. The molecule has 0 aliphatic heterocycles. The average molecular weight is 341 g/mol. The number of nitrogens with one attached hydrogen (secondary N) is 2. The molecular formula is C17H15N3O3S. The van der Waals surface area contributed by atoms with Crippen LogP contribution < -0.4 is 15.6 Å². The molecule has 2 aromatic carbocycles. The molecule has 3 aromatic rings. The molecule has 24 heavy (non-hydrogen) atoms. The molecule has 0 atom stereocenters. The van der Waals surface area contributed by atoms with Crippen molar-refractivity contribution in [3.05, 3.63) is 63.7 Å². The van der Waals surface area contributed by atoms with Gasteiger partial charge < -0.3 is 15.0 Å². The molecule has 122 valence electrons. The molecule has 0 bridgehead atoms. The van der Waals surface area contributed by atoms with E-state index in [9.17, 15) is 9.59 Å². The van der Waals surface area contributed by atoms with E-state index >= 15 is 0 Å². The Balaban J connectivity index is 1.91. The van der Waals surface area contributed by atoms with E-state index in [4.69, 9.17) is 17.0 Å². The SMILES string of the molecule is COc1ccccc1NC(=O)Cn1c(=S)[nH]c2ccccc2c1=O. The molecule has 3 rings (SSSR count). The molecule has 2 N–H and O–H groups in total. The summed E-state index contributed by atoms with van der Waals surface area (Å²) >= 11 is 5.20. The van der Waals surface area contributed by atoms with E-state index < -0.39 is 0 Å². The van der Waals surface area contributed by atoms with Gasteiger partial charge in [0, 0.05) is 0 Å². The smallest absolute Gasteiger partial charge is 0.262 e. The quantitative estimate of drug-likeness (QED) is 0.716. The maximum atomic E-state index is 12.5. The Morgan fingerprint density at radius 1 is 1.21 bits per heavy atom. The minimum atomic E-state index is -0.364. The third kappa shape index (κ3) is 3.07. The first-order valence-electron chi connectivity index (χ1n) is 7.25. The van der Waals surface area contributed by atoms with Gasteiger partial charge in [0.15, 0.2) is 4.77 Å². The Kier molecular flexibility index (Phi) is 4.43. The van der Waals surface area contributed by atoms with E-state index in [-0.39, 0.29) is 22.8 Å². The molecule has 0 saturated heterocycles. The van der Waals surface area contributed by atoms with Gasteiger partial charge in [-0.3, -0.25) is 14.2 Å². The molecule has 1 aromatic heterocycles. The molecule has 7 heteroatoms. The summed E-state index contributed by atoms with van der Waals surface area (Å²) in [6, 6.07) is 14.1. The molecule has 0 fully saturated rings. The number of hydrogen-bond donors (Lipinski definition) is 2. The van der Waals surface area contributed by atoms with Crippen molar-refractivity contribution in [2.75, 3.05) is 12.4 Å². The van der Waals surface area contributed by atoms with E-state index in [2.05, 4.69) is 10.3 Å². The second-order valence-corrected chi connectivity index (χ2v) is 5.50. The summed E-state index contributed by atoms with van der Waals surface area (Å²) in [6.07, 6.45) is 0. The van der Waals surface area contributed by atoms with Crippen molar-refractivity contribution in [3.63, 3.8) is 0 Å². The van der Waals surface area contributed by atoms with Gasteiger partial charge in [0.2, 0.25) is 5.91 Å². The monoisotopic (exact) mass is 341 g/mol. The molecule has 6 nitrogen and oxygen atoms in total. The van der Waals surface area contributed by atoms with Crippen molar-refractivity contribution in [1.82, 2.24) is 9.55 Å². The Bertz CT molecular complexity index is 1020. The number of benzene rings is 2. The van der Waals surface area contributed by atoms with Crippen molar-refractivity contribution in [2.24, 2.45) is 0 Å². The first kappa shape index (κ1) is 15.9. The predicted octanol–water partition coefficient (Wildman–Crippen LogP) is 2.71. The van der Waals surface area contributed by atoms with E-state index in [0.717, 1.165) is 0 Å². The maximum Gasteiger partial charge on any atom is 0.262 e. The summed E-state index contributed by atoms with van der Waals surface area (Å²) in [7, 11) is 1.52. The summed E-state index contributed by atoms with van der Waals surface area (Å²) in [6.45, 7) is -0.183. The van der Waals surface area contributed by atoms with E-state index in [1.807, 2.05) is 6.07 Å². The highest BCUT2D eigenvalue weighted by molar-refractivity contribution is 7.71. The van der Waals surface area contributed by atoms with Crippen LogP contribution in [0.25, 0.3) is 10.9 Å². The fourth-order valence-electron chi connectivity index (χ4n) is 2.42. The lowest BCUT2D eigenvalue weighted by Crippen LogP contribution is -2.29. The van der Waals surface area contributed by atoms with Gasteiger partial charge in [-0.05, 0) is 36.5 Å². The lowest BCUT2D eigenvalue weighted by molar-refractivity contribution is -0.116. The highest BCUT2D eigenvalue weighted by Gasteiger charge is 2.11. The largest absolute Gasteiger partial charge is 0.495 e. The van der Waals surface area contributed by atoms with Crippen LogP contribution in [0.3, 0.4) is 0 Å². The Morgan fingerprint density at radius 2 is 1.92 bits per heavy atom. The van der Waals surface area contributed by atoms with Gasteiger partial charge in [-0.1, -0.05) is 24.3 Å². The van der Waals surface area contributed by atoms with Crippen LogP contribution in [-0.2, 0) is 11.3 Å². The first-order chi connectivity index (χ1) is 11.6. The van der Waals surface area contributed by atoms with Gasteiger partial charge in [0.05, 0.1) is 23.7 Å². The summed E-state index contributed by atoms with van der Waals surface area (Å²) in [5.74, 6) is 0.179. The minimum absolute atomic E-state index is 0.183. The number of anilines is 1. The summed E-state index contributed by atoms with van der Waals surface area (Å²) in [4.78, 5) is 27.8. The maximum absolute atomic E-state index is 12.5. The number of methoxy groups -OCH3 is 1. The number of hydrogen-bond acceptors (Lipinski definition) is 4. The minimum Gasteiger partial charge on any atom is -0.495 e. The van der Waals surface area contributed by atoms with Gasteiger partial charge in [-0.25, -0.2) is 0 Å². The molecule has 0 aliphatic carbocycles. The van der Waals surface area contributed by atoms with E-state index in [1.165, 1.54) is 11.7 Å². The highest BCUT2D eigenvalue weighted by Crippen LogP contribution is 2.22. The predicted molar refractivity (Wildman–Crippen MR) is 95.0 cm³/mol. The number of ether oxygens (including phenoxy) is 1. The van der Waals surface area contributed by atoms with Crippen molar-refractivity contribution < 1.29 is 9.53 Å². The van der Waals surface area contributed by atoms with Crippen LogP contribution in [-0.4, -0.2) is 22.6 Å². The van der Waals surface area contributed by atoms with Crippen LogP contribution in [0, 0.1) is 4.77 Å². The number of carbonyl (C=O) groups excluding carboxylic acids is 1. The topological polar surface area (TPSA) is 76.1 Å². The number of fused-ring (bicyclic) bond motifs is 1. The summed E-state index contributed by atoms with van der Waals surface area (Å²) < 4.78 is 6.63. The zero-order valence-corrected chi connectivity index (χ0v) is 13.7. The van der Waals surface area contributed by atoms with Gasteiger partial charge in [0.1, 0.15) is 12.3 Å². The third-order valence-electron chi connectivity index (χ3n) is 3.57. The average Bonchev–Trinajstić information content (AvgIpc) is 2.59. The van der Waals surface area contributed by atoms with Crippen LogP contribution >= 0.6 is 12.2 Å². The number of rotatable bonds is 4. The number of H-pyrrole nitrogens is 1. The molecule has 0 radical (unpaired) electrons. The van der Waals surface area contributed by atoms with Crippen LogP contribution in [0.5, 0.6) is 5.75 Å². The van der Waals surface area contributed by atoms with Crippen molar-refractivity contribution >= 4 is 34.7 Å². The number of para-hydroxylation sites is 3. The van der Waals surface area contributed by atoms with Gasteiger partial charge in [-0.15, -0.1) is 0 Å². The molecule has 1 heterocycles. The Morgan fingerprint density at radius 3 is 2.71 bits per heavy atom. The summed E-state index contributed by atoms with van der Waals surface area (Å²) in [5, 5.41) is 3.21. The zero-order valence-electron chi connectivity index (χ0n) is 12.9. The molecular weight excluding hydrogens is 326 g/mol. The van der Waals surface area contributed by atoms with Gasteiger partial charge in [-0.2, -0.15) is 0 Å².